The Morgan fingerprint density at radius 1 is 1.53 bits per heavy atom. The fourth-order valence-electron chi connectivity index (χ4n) is 1.56. The van der Waals surface area contributed by atoms with Gasteiger partial charge in [-0.1, -0.05) is 4.49 Å². The van der Waals surface area contributed by atoms with Gasteiger partial charge < -0.3 is 5.32 Å². The molecular formula is C9H13N5S. The molecule has 1 unspecified atom stereocenters. The fraction of sp³-hybridized carbons (Fsp3) is 0.444. The first kappa shape index (κ1) is 10.1. The summed E-state index contributed by atoms with van der Waals surface area (Å²) in [6, 6.07) is 0.223. The van der Waals surface area contributed by atoms with Crippen LogP contribution in [0.2, 0.25) is 0 Å². The summed E-state index contributed by atoms with van der Waals surface area (Å²) in [5, 5.41) is 12.4. The zero-order valence-corrected chi connectivity index (χ0v) is 9.75. The lowest BCUT2D eigenvalue weighted by Gasteiger charge is -2.11. The van der Waals surface area contributed by atoms with Crippen LogP contribution < -0.4 is 5.32 Å². The minimum Gasteiger partial charge on any atom is -0.368 e. The normalized spacial score (nSPS) is 12.7. The van der Waals surface area contributed by atoms with Gasteiger partial charge in [0.1, 0.15) is 5.00 Å². The Kier molecular flexibility index (Phi) is 2.68. The van der Waals surface area contributed by atoms with Crippen molar-refractivity contribution in [1.82, 2.24) is 19.4 Å². The molecule has 0 saturated heterocycles. The highest BCUT2D eigenvalue weighted by atomic mass is 32.1. The van der Waals surface area contributed by atoms with Crippen LogP contribution in [0, 0.1) is 6.92 Å². The molecule has 2 rings (SSSR count). The molecular weight excluding hydrogens is 210 g/mol. The first-order valence-corrected chi connectivity index (χ1v) is 5.48. The van der Waals surface area contributed by atoms with Gasteiger partial charge in [0.05, 0.1) is 17.9 Å². The van der Waals surface area contributed by atoms with Crippen molar-refractivity contribution >= 4 is 16.5 Å². The summed E-state index contributed by atoms with van der Waals surface area (Å²) in [7, 11) is 1.93. The highest BCUT2D eigenvalue weighted by Gasteiger charge is 2.12. The lowest BCUT2D eigenvalue weighted by atomic mass is 10.1. The van der Waals surface area contributed by atoms with Crippen LogP contribution in [-0.4, -0.2) is 19.4 Å². The van der Waals surface area contributed by atoms with Gasteiger partial charge in [0, 0.05) is 30.3 Å². The van der Waals surface area contributed by atoms with E-state index in [1.54, 1.807) is 6.20 Å². The van der Waals surface area contributed by atoms with Gasteiger partial charge in [-0.3, -0.25) is 4.68 Å². The predicted octanol–water partition coefficient (Wildman–Crippen LogP) is 1.75. The highest BCUT2D eigenvalue weighted by Crippen LogP contribution is 2.22. The Bertz CT molecular complexity index is 433. The van der Waals surface area contributed by atoms with E-state index in [1.165, 1.54) is 17.1 Å². The van der Waals surface area contributed by atoms with Crippen LogP contribution in [0.1, 0.15) is 24.2 Å². The van der Waals surface area contributed by atoms with Gasteiger partial charge in [0.2, 0.25) is 0 Å². The van der Waals surface area contributed by atoms with Crippen molar-refractivity contribution in [2.75, 3.05) is 5.32 Å². The molecule has 0 amide bonds. The quantitative estimate of drug-likeness (QED) is 0.861. The predicted molar refractivity (Wildman–Crippen MR) is 59.9 cm³/mol. The second-order valence-corrected chi connectivity index (χ2v) is 4.28. The molecule has 0 aliphatic heterocycles. The number of anilines is 1. The molecule has 0 radical (unpaired) electrons. The van der Waals surface area contributed by atoms with Crippen molar-refractivity contribution in [1.29, 1.82) is 0 Å². The summed E-state index contributed by atoms with van der Waals surface area (Å²) in [5.74, 6) is 0. The first-order chi connectivity index (χ1) is 7.16. The molecule has 0 aliphatic carbocycles. The lowest BCUT2D eigenvalue weighted by molar-refractivity contribution is 0.756. The van der Waals surface area contributed by atoms with E-state index in [9.17, 15) is 0 Å². The summed E-state index contributed by atoms with van der Waals surface area (Å²) < 4.78 is 5.63. The van der Waals surface area contributed by atoms with Gasteiger partial charge in [0.15, 0.2) is 0 Å². The van der Waals surface area contributed by atoms with Crippen LogP contribution in [0.3, 0.4) is 0 Å². The molecule has 1 N–H and O–H groups in total. The molecule has 1 atom stereocenters. The molecule has 2 heterocycles. The third-order valence-electron chi connectivity index (χ3n) is 2.24. The summed E-state index contributed by atoms with van der Waals surface area (Å²) >= 11 is 1.36. The van der Waals surface area contributed by atoms with Gasteiger partial charge in [-0.05, 0) is 13.8 Å². The van der Waals surface area contributed by atoms with Crippen molar-refractivity contribution in [3.8, 4) is 0 Å². The topological polar surface area (TPSA) is 55.6 Å². The SMILES string of the molecule is Cc1nn(C)cc1C(C)Nc1cnns1. The second kappa shape index (κ2) is 3.98. The summed E-state index contributed by atoms with van der Waals surface area (Å²) in [4.78, 5) is 0. The molecule has 0 bridgehead atoms. The van der Waals surface area contributed by atoms with Gasteiger partial charge in [-0.2, -0.15) is 5.10 Å². The van der Waals surface area contributed by atoms with Gasteiger partial charge in [-0.25, -0.2) is 0 Å². The Morgan fingerprint density at radius 3 is 2.87 bits per heavy atom. The Morgan fingerprint density at radius 2 is 2.33 bits per heavy atom. The number of nitrogens with zero attached hydrogens (tertiary/aromatic N) is 4. The molecule has 0 spiro atoms. The van der Waals surface area contributed by atoms with E-state index in [-0.39, 0.29) is 6.04 Å². The summed E-state index contributed by atoms with van der Waals surface area (Å²) in [5.41, 5.74) is 2.25. The van der Waals surface area contributed by atoms with Gasteiger partial charge >= 0.3 is 0 Å². The van der Waals surface area contributed by atoms with Crippen molar-refractivity contribution in [3.05, 3.63) is 23.7 Å². The maximum Gasteiger partial charge on any atom is 0.130 e. The second-order valence-electron chi connectivity index (χ2n) is 3.49. The molecule has 0 fully saturated rings. The molecule has 15 heavy (non-hydrogen) atoms. The maximum absolute atomic E-state index is 4.31. The van der Waals surface area contributed by atoms with Gasteiger partial charge in [-0.15, -0.1) is 5.10 Å². The summed E-state index contributed by atoms with van der Waals surface area (Å²) in [6.07, 6.45) is 3.76. The molecule has 6 heteroatoms. The molecule has 80 valence electrons. The third-order valence-corrected chi connectivity index (χ3v) is 2.83. The molecule has 2 aromatic rings. The van der Waals surface area contributed by atoms with E-state index in [4.69, 9.17) is 0 Å². The van der Waals surface area contributed by atoms with Crippen LogP contribution in [0.5, 0.6) is 0 Å². The van der Waals surface area contributed by atoms with Crippen LogP contribution in [0.15, 0.2) is 12.4 Å². The average molecular weight is 223 g/mol. The van der Waals surface area contributed by atoms with E-state index in [2.05, 4.69) is 26.9 Å². The van der Waals surface area contributed by atoms with Crippen LogP contribution in [0.25, 0.3) is 0 Å². The zero-order valence-electron chi connectivity index (χ0n) is 8.93. The largest absolute Gasteiger partial charge is 0.368 e. The average Bonchev–Trinajstić information content (AvgIpc) is 2.75. The number of nitrogens with one attached hydrogen (secondary N) is 1. The summed E-state index contributed by atoms with van der Waals surface area (Å²) in [6.45, 7) is 4.11. The fourth-order valence-corrected chi connectivity index (χ4v) is 2.07. The smallest absolute Gasteiger partial charge is 0.130 e. The lowest BCUT2D eigenvalue weighted by Crippen LogP contribution is -2.05. The minimum atomic E-state index is 0.223. The number of aromatic nitrogens is 4. The number of hydrogen-bond acceptors (Lipinski definition) is 5. The van der Waals surface area contributed by atoms with Crippen molar-refractivity contribution in [2.24, 2.45) is 7.05 Å². The molecule has 0 aliphatic rings. The Labute approximate surface area is 92.3 Å². The maximum atomic E-state index is 4.31. The van der Waals surface area contributed by atoms with Gasteiger partial charge in [0.25, 0.3) is 0 Å². The van der Waals surface area contributed by atoms with E-state index in [1.807, 2.05) is 24.9 Å². The zero-order chi connectivity index (χ0) is 10.8. The van der Waals surface area contributed by atoms with Crippen molar-refractivity contribution in [3.63, 3.8) is 0 Å². The molecule has 0 saturated carbocycles. The van der Waals surface area contributed by atoms with E-state index in [0.717, 1.165) is 10.7 Å². The number of aryl methyl sites for hydroxylation is 2. The Hall–Kier alpha value is -1.43. The van der Waals surface area contributed by atoms with Crippen LogP contribution >= 0.6 is 11.5 Å². The van der Waals surface area contributed by atoms with Crippen molar-refractivity contribution in [2.45, 2.75) is 19.9 Å². The first-order valence-electron chi connectivity index (χ1n) is 4.71. The van der Waals surface area contributed by atoms with Crippen LogP contribution in [0.4, 0.5) is 5.00 Å². The molecule has 5 nitrogen and oxygen atoms in total. The number of rotatable bonds is 3. The molecule has 0 aromatic carbocycles. The van der Waals surface area contributed by atoms with E-state index >= 15 is 0 Å². The standard InChI is InChI=1S/C9H13N5S/c1-6(11-9-4-10-13-15-9)8-5-14(3)12-7(8)2/h4-6,11H,1-3H3. The number of hydrogen-bond donors (Lipinski definition) is 1. The molecule has 2 aromatic heterocycles. The van der Waals surface area contributed by atoms with Crippen LogP contribution in [-0.2, 0) is 7.05 Å². The monoisotopic (exact) mass is 223 g/mol. The van der Waals surface area contributed by atoms with Crippen molar-refractivity contribution < 1.29 is 0 Å². The third kappa shape index (κ3) is 2.15. The minimum absolute atomic E-state index is 0.223. The highest BCUT2D eigenvalue weighted by molar-refractivity contribution is 7.09. The van der Waals surface area contributed by atoms with E-state index < -0.39 is 0 Å². The Balaban J connectivity index is 2.14. The van der Waals surface area contributed by atoms with E-state index in [0.29, 0.717) is 0 Å².